The zero-order valence-electron chi connectivity index (χ0n) is 12.0. The quantitative estimate of drug-likeness (QED) is 0.388. The van der Waals surface area contributed by atoms with Gasteiger partial charge in [-0.15, -0.1) is 0 Å². The van der Waals surface area contributed by atoms with Crippen LogP contribution < -0.4 is 4.74 Å². The molecule has 23 heavy (non-hydrogen) atoms. The zero-order chi connectivity index (χ0) is 17.0. The highest BCUT2D eigenvalue weighted by Gasteiger charge is 2.17. The van der Waals surface area contributed by atoms with E-state index in [1.807, 2.05) is 0 Å². The number of phenols is 1. The van der Waals surface area contributed by atoms with Crippen molar-refractivity contribution in [3.05, 3.63) is 68.7 Å². The second-order valence-electron chi connectivity index (χ2n) is 4.55. The lowest BCUT2D eigenvalue weighted by atomic mass is 10.1. The van der Waals surface area contributed by atoms with E-state index in [2.05, 4.69) is 0 Å². The molecule has 6 nitrogen and oxygen atoms in total. The van der Waals surface area contributed by atoms with Gasteiger partial charge < -0.3 is 9.84 Å². The van der Waals surface area contributed by atoms with Crippen LogP contribution in [0, 0.1) is 10.1 Å². The van der Waals surface area contributed by atoms with Crippen molar-refractivity contribution >= 4 is 29.1 Å². The maximum atomic E-state index is 12.1. The van der Waals surface area contributed by atoms with Gasteiger partial charge in [0.25, 0.3) is 0 Å². The summed E-state index contributed by atoms with van der Waals surface area (Å²) in [6.07, 6.45) is 2.48. The third-order valence-electron chi connectivity index (χ3n) is 3.07. The fourth-order valence-corrected chi connectivity index (χ4v) is 2.11. The Hall–Kier alpha value is -2.86. The Morgan fingerprint density at radius 3 is 2.52 bits per heavy atom. The average molecular weight is 334 g/mol. The van der Waals surface area contributed by atoms with Gasteiger partial charge in [0, 0.05) is 22.2 Å². The molecule has 0 amide bonds. The molecule has 0 aliphatic rings. The standard InChI is InChI=1S/C16H12ClNO5/c1-23-13-5-2-10(3-6-13)15(19)7-4-11-8-12(17)9-14(16(11)20)18(21)22/h2-9,20H,1H3. The van der Waals surface area contributed by atoms with Crippen LogP contribution in [0.5, 0.6) is 11.5 Å². The normalized spacial score (nSPS) is 10.7. The lowest BCUT2D eigenvalue weighted by molar-refractivity contribution is -0.385. The Morgan fingerprint density at radius 1 is 1.30 bits per heavy atom. The van der Waals surface area contributed by atoms with Crippen molar-refractivity contribution in [2.24, 2.45) is 0 Å². The highest BCUT2D eigenvalue weighted by Crippen LogP contribution is 2.34. The Bertz CT molecular complexity index is 784. The third kappa shape index (κ3) is 3.87. The van der Waals surface area contributed by atoms with Crippen molar-refractivity contribution in [3.8, 4) is 11.5 Å². The molecule has 0 aromatic heterocycles. The van der Waals surface area contributed by atoms with Crippen LogP contribution in [0.3, 0.4) is 0 Å². The smallest absolute Gasteiger partial charge is 0.312 e. The van der Waals surface area contributed by atoms with Gasteiger partial charge in [-0.1, -0.05) is 11.6 Å². The first-order valence-corrected chi connectivity index (χ1v) is 6.83. The van der Waals surface area contributed by atoms with Crippen LogP contribution in [0.15, 0.2) is 42.5 Å². The summed E-state index contributed by atoms with van der Waals surface area (Å²) in [4.78, 5) is 22.1. The summed E-state index contributed by atoms with van der Waals surface area (Å²) in [5, 5.41) is 20.8. The van der Waals surface area contributed by atoms with Crippen molar-refractivity contribution in [2.45, 2.75) is 0 Å². The van der Waals surface area contributed by atoms with Crippen LogP contribution >= 0.6 is 11.6 Å². The highest BCUT2D eigenvalue weighted by molar-refractivity contribution is 6.31. The van der Waals surface area contributed by atoms with Gasteiger partial charge in [0.2, 0.25) is 5.75 Å². The summed E-state index contributed by atoms with van der Waals surface area (Å²) < 4.78 is 5.00. The van der Waals surface area contributed by atoms with Gasteiger partial charge in [0.05, 0.1) is 12.0 Å². The molecule has 2 aromatic carbocycles. The molecule has 0 atom stereocenters. The van der Waals surface area contributed by atoms with Crippen LogP contribution in [-0.4, -0.2) is 22.9 Å². The van der Waals surface area contributed by atoms with Gasteiger partial charge in [-0.2, -0.15) is 0 Å². The number of nitro benzene ring substituents is 1. The van der Waals surface area contributed by atoms with Crippen molar-refractivity contribution < 1.29 is 19.6 Å². The molecule has 0 aliphatic heterocycles. The first kappa shape index (κ1) is 16.5. The summed E-state index contributed by atoms with van der Waals surface area (Å²) in [5.41, 5.74) is -0.0156. The molecule has 0 radical (unpaired) electrons. The molecular formula is C16H12ClNO5. The van der Waals surface area contributed by atoms with E-state index < -0.39 is 16.4 Å². The van der Waals surface area contributed by atoms with Crippen molar-refractivity contribution in [3.63, 3.8) is 0 Å². The average Bonchev–Trinajstić information content (AvgIpc) is 2.54. The minimum atomic E-state index is -0.746. The molecule has 2 aromatic rings. The van der Waals surface area contributed by atoms with E-state index in [9.17, 15) is 20.0 Å². The number of aromatic hydroxyl groups is 1. The summed E-state index contributed by atoms with van der Waals surface area (Å²) in [6, 6.07) is 8.84. The largest absolute Gasteiger partial charge is 0.502 e. The molecule has 0 unspecified atom stereocenters. The van der Waals surface area contributed by atoms with Crippen LogP contribution in [0.4, 0.5) is 5.69 Å². The monoisotopic (exact) mass is 333 g/mol. The molecule has 118 valence electrons. The number of hydrogen-bond donors (Lipinski definition) is 1. The second-order valence-corrected chi connectivity index (χ2v) is 4.98. The second kappa shape index (κ2) is 6.93. The predicted molar refractivity (Wildman–Crippen MR) is 86.1 cm³/mol. The van der Waals surface area contributed by atoms with Gasteiger partial charge in [-0.3, -0.25) is 14.9 Å². The molecule has 0 saturated heterocycles. The number of hydrogen-bond acceptors (Lipinski definition) is 5. The third-order valence-corrected chi connectivity index (χ3v) is 3.29. The van der Waals surface area contributed by atoms with Crippen molar-refractivity contribution in [1.29, 1.82) is 0 Å². The molecule has 0 bridgehead atoms. The number of methoxy groups -OCH3 is 1. The van der Waals surface area contributed by atoms with E-state index in [-0.39, 0.29) is 16.4 Å². The molecule has 2 rings (SSSR count). The Balaban J connectivity index is 2.28. The molecular weight excluding hydrogens is 322 g/mol. The van der Waals surface area contributed by atoms with Crippen LogP contribution in [-0.2, 0) is 0 Å². The summed E-state index contributed by atoms with van der Waals surface area (Å²) in [5.74, 6) is -0.249. The number of carbonyl (C=O) groups excluding carboxylic acids is 1. The minimum Gasteiger partial charge on any atom is -0.502 e. The Kier molecular flexibility index (Phi) is 4.98. The number of allylic oxidation sites excluding steroid dienone is 1. The van der Waals surface area contributed by atoms with Crippen molar-refractivity contribution in [1.82, 2.24) is 0 Å². The number of carbonyl (C=O) groups is 1. The number of ketones is 1. The van der Waals surface area contributed by atoms with Gasteiger partial charge in [0.15, 0.2) is 5.78 Å². The maximum Gasteiger partial charge on any atom is 0.312 e. The number of ether oxygens (including phenoxy) is 1. The minimum absolute atomic E-state index is 0.0889. The number of halogens is 1. The number of nitro groups is 1. The van der Waals surface area contributed by atoms with Gasteiger partial charge in [-0.25, -0.2) is 0 Å². The molecule has 1 N–H and O–H groups in total. The van der Waals surface area contributed by atoms with Crippen LogP contribution in [0.1, 0.15) is 15.9 Å². The predicted octanol–water partition coefficient (Wildman–Crippen LogP) is 3.86. The topological polar surface area (TPSA) is 89.7 Å². The number of nitrogens with zero attached hydrogens (tertiary/aromatic N) is 1. The lowest BCUT2D eigenvalue weighted by Gasteiger charge is -2.02. The number of phenolic OH excluding ortho intramolecular Hbond substituents is 1. The van der Waals surface area contributed by atoms with E-state index in [1.54, 1.807) is 24.3 Å². The highest BCUT2D eigenvalue weighted by atomic mass is 35.5. The van der Waals surface area contributed by atoms with Gasteiger partial charge in [-0.05, 0) is 42.5 Å². The molecule has 0 heterocycles. The molecule has 0 saturated carbocycles. The van der Waals surface area contributed by atoms with Crippen LogP contribution in [0.2, 0.25) is 5.02 Å². The Labute approximate surface area is 136 Å². The molecule has 0 aliphatic carbocycles. The first-order valence-electron chi connectivity index (χ1n) is 6.45. The van der Waals surface area contributed by atoms with E-state index in [0.29, 0.717) is 11.3 Å². The van der Waals surface area contributed by atoms with E-state index >= 15 is 0 Å². The first-order chi connectivity index (χ1) is 10.9. The molecule has 7 heteroatoms. The fourth-order valence-electron chi connectivity index (χ4n) is 1.89. The SMILES string of the molecule is COc1ccc(C(=O)C=Cc2cc(Cl)cc([N+](=O)[O-])c2O)cc1. The van der Waals surface area contributed by atoms with Gasteiger partial charge >= 0.3 is 5.69 Å². The molecule has 0 spiro atoms. The van der Waals surface area contributed by atoms with Gasteiger partial charge in [0.1, 0.15) is 5.75 Å². The zero-order valence-corrected chi connectivity index (χ0v) is 12.8. The fraction of sp³-hybridized carbons (Fsp3) is 0.0625. The van der Waals surface area contributed by atoms with Crippen LogP contribution in [0.25, 0.3) is 6.08 Å². The number of rotatable bonds is 5. The summed E-state index contributed by atoms with van der Waals surface area (Å²) >= 11 is 5.78. The van der Waals surface area contributed by atoms with Crippen molar-refractivity contribution in [2.75, 3.05) is 7.11 Å². The van der Waals surface area contributed by atoms with E-state index in [4.69, 9.17) is 16.3 Å². The number of benzene rings is 2. The summed E-state index contributed by atoms with van der Waals surface area (Å²) in [7, 11) is 1.52. The Morgan fingerprint density at radius 2 is 1.96 bits per heavy atom. The maximum absolute atomic E-state index is 12.1. The lowest BCUT2D eigenvalue weighted by Crippen LogP contribution is -1.95. The van der Waals surface area contributed by atoms with E-state index in [0.717, 1.165) is 6.07 Å². The van der Waals surface area contributed by atoms with E-state index in [1.165, 1.54) is 25.3 Å². The molecule has 0 fully saturated rings. The summed E-state index contributed by atoms with van der Waals surface area (Å²) in [6.45, 7) is 0.